The highest BCUT2D eigenvalue weighted by atomic mass is 16.5. The molecule has 0 aliphatic heterocycles. The lowest BCUT2D eigenvalue weighted by molar-refractivity contribution is 0.482. The molecule has 0 spiro atoms. The average molecular weight is 272 g/mol. The Labute approximate surface area is 125 Å². The molecule has 2 aromatic rings. The highest BCUT2D eigenvalue weighted by Gasteiger charge is 1.98. The number of ether oxygens (including phenoxy) is 1. The van der Waals surface area contributed by atoms with Crippen molar-refractivity contribution in [2.75, 3.05) is 0 Å². The number of para-hydroxylation sites is 1. The zero-order chi connectivity index (χ0) is 14.6. The predicted octanol–water partition coefficient (Wildman–Crippen LogP) is 6.48. The molecule has 0 heterocycles. The first-order valence-corrected chi connectivity index (χ1v) is 7.62. The van der Waals surface area contributed by atoms with Crippen LogP contribution in [0.2, 0.25) is 0 Å². The van der Waals surface area contributed by atoms with Crippen molar-refractivity contribution in [1.29, 1.82) is 0 Å². The van der Waals surface area contributed by atoms with Gasteiger partial charge in [-0.25, -0.2) is 0 Å². The van der Waals surface area contributed by atoms with Crippen LogP contribution in [0.1, 0.15) is 47.0 Å². The summed E-state index contributed by atoms with van der Waals surface area (Å²) in [5, 5.41) is 0. The topological polar surface area (TPSA) is 9.23 Å². The van der Waals surface area contributed by atoms with Gasteiger partial charge in [-0.1, -0.05) is 63.9 Å². The lowest BCUT2D eigenvalue weighted by Gasteiger charge is -2.07. The van der Waals surface area contributed by atoms with E-state index < -0.39 is 0 Å². The Bertz CT molecular complexity index is 468. The number of hydrogen-bond acceptors (Lipinski definition) is 1. The Morgan fingerprint density at radius 1 is 0.850 bits per heavy atom. The molecule has 1 heteroatoms. The van der Waals surface area contributed by atoms with Crippen LogP contribution < -0.4 is 4.74 Å². The summed E-state index contributed by atoms with van der Waals surface area (Å²) >= 11 is 0. The van der Waals surface area contributed by atoms with Crippen LogP contribution in [0.15, 0.2) is 54.6 Å². The third kappa shape index (κ3) is 6.42. The van der Waals surface area contributed by atoms with Crippen molar-refractivity contribution in [1.82, 2.24) is 0 Å². The van der Waals surface area contributed by atoms with Crippen LogP contribution in [0.25, 0.3) is 0 Å². The number of aryl methyl sites for hydroxylation is 1. The minimum Gasteiger partial charge on any atom is -0.457 e. The van der Waals surface area contributed by atoms with E-state index in [0.29, 0.717) is 0 Å². The average Bonchev–Trinajstić information content (AvgIpc) is 2.47. The van der Waals surface area contributed by atoms with E-state index in [-0.39, 0.29) is 1.43 Å². The van der Waals surface area contributed by atoms with Crippen molar-refractivity contribution in [3.05, 3.63) is 60.2 Å². The fraction of sp³-hybridized carbons (Fsp3) is 0.368. The molecule has 0 unspecified atom stereocenters. The molecule has 0 bridgehead atoms. The fourth-order valence-electron chi connectivity index (χ4n) is 1.77. The van der Waals surface area contributed by atoms with E-state index in [1.54, 1.807) is 0 Å². The molecule has 0 saturated heterocycles. The standard InChI is InChI=1S/C16H18O.C3H8.H2/c1-2-3-8-14-9-7-12-16(13-14)17-15-10-5-4-6-11-15;1-3-2;/h4-7,9-13H,2-3,8H2,1H3;3H2,1-2H3;1H. The molecule has 0 aliphatic carbocycles. The minimum absolute atomic E-state index is 0. The van der Waals surface area contributed by atoms with Gasteiger partial charge < -0.3 is 4.74 Å². The molecule has 110 valence electrons. The van der Waals surface area contributed by atoms with Crippen LogP contribution in [0.3, 0.4) is 0 Å². The Hall–Kier alpha value is -1.76. The Balaban J connectivity index is 0.000000922. The molecule has 0 amide bonds. The van der Waals surface area contributed by atoms with Gasteiger partial charge in [0.1, 0.15) is 11.5 Å². The second-order valence-electron chi connectivity index (χ2n) is 4.87. The van der Waals surface area contributed by atoms with Gasteiger partial charge in [0.15, 0.2) is 0 Å². The van der Waals surface area contributed by atoms with Crippen molar-refractivity contribution in [2.45, 2.75) is 46.5 Å². The molecule has 2 rings (SSSR count). The van der Waals surface area contributed by atoms with Crippen LogP contribution in [0.4, 0.5) is 0 Å². The van der Waals surface area contributed by atoms with Crippen LogP contribution in [0.5, 0.6) is 11.5 Å². The van der Waals surface area contributed by atoms with Crippen LogP contribution in [-0.2, 0) is 6.42 Å². The van der Waals surface area contributed by atoms with Crippen LogP contribution >= 0.6 is 0 Å². The number of rotatable bonds is 5. The molecule has 2 aromatic carbocycles. The molecule has 20 heavy (non-hydrogen) atoms. The summed E-state index contributed by atoms with van der Waals surface area (Å²) in [6.07, 6.45) is 4.83. The third-order valence-electron chi connectivity index (χ3n) is 2.70. The molecule has 0 aliphatic rings. The fourth-order valence-corrected chi connectivity index (χ4v) is 1.77. The molecule has 0 radical (unpaired) electrons. The molecule has 0 fully saturated rings. The SMILES string of the molecule is CCC.CCCCc1cccc(Oc2ccccc2)c1.[HH]. The third-order valence-corrected chi connectivity index (χ3v) is 2.70. The van der Waals surface area contributed by atoms with Gasteiger partial charge in [0, 0.05) is 1.43 Å². The van der Waals surface area contributed by atoms with Gasteiger partial charge in [-0.15, -0.1) is 0 Å². The number of unbranched alkanes of at least 4 members (excludes halogenated alkanes) is 1. The summed E-state index contributed by atoms with van der Waals surface area (Å²) in [7, 11) is 0. The lowest BCUT2D eigenvalue weighted by Crippen LogP contribution is -1.87. The Morgan fingerprint density at radius 3 is 2.15 bits per heavy atom. The van der Waals surface area contributed by atoms with Gasteiger partial charge in [-0.05, 0) is 42.7 Å². The van der Waals surface area contributed by atoms with E-state index in [9.17, 15) is 0 Å². The maximum atomic E-state index is 5.80. The van der Waals surface area contributed by atoms with Crippen LogP contribution in [-0.4, -0.2) is 0 Å². The Morgan fingerprint density at radius 2 is 1.50 bits per heavy atom. The Kier molecular flexibility index (Phi) is 8.21. The first-order valence-electron chi connectivity index (χ1n) is 7.62. The monoisotopic (exact) mass is 272 g/mol. The lowest BCUT2D eigenvalue weighted by atomic mass is 10.1. The molecular formula is C19H28O. The predicted molar refractivity (Wildman–Crippen MR) is 89.6 cm³/mol. The van der Waals surface area contributed by atoms with E-state index in [0.717, 1.165) is 17.9 Å². The smallest absolute Gasteiger partial charge is 0.127 e. The molecular weight excluding hydrogens is 244 g/mol. The van der Waals surface area contributed by atoms with E-state index in [4.69, 9.17) is 4.74 Å². The zero-order valence-electron chi connectivity index (χ0n) is 12.9. The van der Waals surface area contributed by atoms with Crippen molar-refractivity contribution in [2.24, 2.45) is 0 Å². The van der Waals surface area contributed by atoms with Crippen LogP contribution in [0, 0.1) is 0 Å². The molecule has 0 aromatic heterocycles. The minimum atomic E-state index is 0. The maximum Gasteiger partial charge on any atom is 0.127 e. The highest BCUT2D eigenvalue weighted by Crippen LogP contribution is 2.22. The second-order valence-corrected chi connectivity index (χ2v) is 4.87. The van der Waals surface area contributed by atoms with Crippen molar-refractivity contribution in [3.63, 3.8) is 0 Å². The van der Waals surface area contributed by atoms with Crippen molar-refractivity contribution >= 4 is 0 Å². The van der Waals surface area contributed by atoms with Crippen molar-refractivity contribution < 1.29 is 6.16 Å². The van der Waals surface area contributed by atoms with Gasteiger partial charge in [0.25, 0.3) is 0 Å². The number of benzene rings is 2. The summed E-state index contributed by atoms with van der Waals surface area (Å²) in [5.74, 6) is 1.81. The van der Waals surface area contributed by atoms with E-state index in [1.165, 1.54) is 24.8 Å². The summed E-state index contributed by atoms with van der Waals surface area (Å²) in [6.45, 7) is 6.46. The highest BCUT2D eigenvalue weighted by molar-refractivity contribution is 5.33. The van der Waals surface area contributed by atoms with Gasteiger partial charge >= 0.3 is 0 Å². The van der Waals surface area contributed by atoms with Gasteiger partial charge in [-0.2, -0.15) is 0 Å². The van der Waals surface area contributed by atoms with E-state index in [1.807, 2.05) is 36.4 Å². The molecule has 0 N–H and O–H groups in total. The zero-order valence-corrected chi connectivity index (χ0v) is 12.9. The van der Waals surface area contributed by atoms with E-state index >= 15 is 0 Å². The largest absolute Gasteiger partial charge is 0.457 e. The summed E-state index contributed by atoms with van der Waals surface area (Å²) in [6, 6.07) is 18.2. The quantitative estimate of drug-likeness (QED) is 0.605. The summed E-state index contributed by atoms with van der Waals surface area (Å²) in [4.78, 5) is 0. The maximum absolute atomic E-state index is 5.80. The normalized spacial score (nSPS) is 9.55. The molecule has 0 saturated carbocycles. The van der Waals surface area contributed by atoms with Gasteiger partial charge in [0.05, 0.1) is 0 Å². The van der Waals surface area contributed by atoms with Crippen molar-refractivity contribution in [3.8, 4) is 11.5 Å². The first-order chi connectivity index (χ1) is 9.80. The molecule has 1 nitrogen and oxygen atoms in total. The van der Waals surface area contributed by atoms with E-state index in [2.05, 4.69) is 39.0 Å². The molecule has 0 atom stereocenters. The van der Waals surface area contributed by atoms with Gasteiger partial charge in [-0.3, -0.25) is 0 Å². The summed E-state index contributed by atoms with van der Waals surface area (Å²) in [5.41, 5.74) is 1.35. The summed E-state index contributed by atoms with van der Waals surface area (Å²) < 4.78 is 5.80. The second kappa shape index (κ2) is 10.1. The first kappa shape index (κ1) is 16.3. The number of hydrogen-bond donors (Lipinski definition) is 0. The van der Waals surface area contributed by atoms with Gasteiger partial charge in [0.2, 0.25) is 0 Å².